The van der Waals surface area contributed by atoms with Crippen LogP contribution in [0.3, 0.4) is 0 Å². The average Bonchev–Trinajstić information content (AvgIpc) is 2.78. The zero-order chi connectivity index (χ0) is 12.9. The Morgan fingerprint density at radius 1 is 1.47 bits per heavy atom. The lowest BCUT2D eigenvalue weighted by atomic mass is 9.83. The number of aliphatic hydroxyl groups excluding tert-OH is 1. The van der Waals surface area contributed by atoms with Gasteiger partial charge in [-0.1, -0.05) is 13.8 Å². The van der Waals surface area contributed by atoms with E-state index in [1.807, 2.05) is 24.0 Å². The summed E-state index contributed by atoms with van der Waals surface area (Å²) in [5.74, 6) is 1.03. The van der Waals surface area contributed by atoms with Crippen LogP contribution in [-0.2, 0) is 7.05 Å². The van der Waals surface area contributed by atoms with E-state index in [0.29, 0.717) is 0 Å². The van der Waals surface area contributed by atoms with Crippen molar-refractivity contribution in [1.29, 1.82) is 0 Å². The van der Waals surface area contributed by atoms with Gasteiger partial charge in [-0.15, -0.1) is 0 Å². The molecule has 1 unspecified atom stereocenters. The summed E-state index contributed by atoms with van der Waals surface area (Å²) in [7, 11) is 2.00. The SMILES string of the molecule is CCC(CC)(CO)CNC(C)c1nccn1C. The first-order valence-corrected chi connectivity index (χ1v) is 6.40. The van der Waals surface area contributed by atoms with E-state index < -0.39 is 0 Å². The summed E-state index contributed by atoms with van der Waals surface area (Å²) in [5, 5.41) is 13.0. The van der Waals surface area contributed by atoms with Gasteiger partial charge in [-0.25, -0.2) is 4.98 Å². The van der Waals surface area contributed by atoms with Crippen LogP contribution in [0.15, 0.2) is 12.4 Å². The van der Waals surface area contributed by atoms with Crippen LogP contribution in [-0.4, -0.2) is 27.8 Å². The highest BCUT2D eigenvalue weighted by molar-refractivity contribution is 4.97. The second-order valence-corrected chi connectivity index (χ2v) is 4.86. The van der Waals surface area contributed by atoms with Crippen LogP contribution in [0.4, 0.5) is 0 Å². The van der Waals surface area contributed by atoms with E-state index in [1.165, 1.54) is 0 Å². The van der Waals surface area contributed by atoms with Crippen LogP contribution in [0.5, 0.6) is 0 Å². The smallest absolute Gasteiger partial charge is 0.125 e. The molecule has 1 aromatic heterocycles. The van der Waals surface area contributed by atoms with Gasteiger partial charge in [0.25, 0.3) is 0 Å². The Morgan fingerprint density at radius 3 is 2.53 bits per heavy atom. The molecule has 2 N–H and O–H groups in total. The summed E-state index contributed by atoms with van der Waals surface area (Å²) in [6.07, 6.45) is 5.74. The van der Waals surface area contributed by atoms with Crippen molar-refractivity contribution in [3.63, 3.8) is 0 Å². The highest BCUT2D eigenvalue weighted by atomic mass is 16.3. The Bertz CT molecular complexity index is 323. The number of aromatic nitrogens is 2. The summed E-state index contributed by atoms with van der Waals surface area (Å²) in [5.41, 5.74) is -0.000571. The Labute approximate surface area is 104 Å². The highest BCUT2D eigenvalue weighted by Gasteiger charge is 2.26. The molecule has 0 aliphatic carbocycles. The molecule has 1 heterocycles. The van der Waals surface area contributed by atoms with Crippen LogP contribution in [0.2, 0.25) is 0 Å². The van der Waals surface area contributed by atoms with E-state index in [1.54, 1.807) is 0 Å². The topological polar surface area (TPSA) is 50.1 Å². The van der Waals surface area contributed by atoms with Crippen molar-refractivity contribution in [2.45, 2.75) is 39.7 Å². The summed E-state index contributed by atoms with van der Waals surface area (Å²) in [6, 6.07) is 0.207. The lowest BCUT2D eigenvalue weighted by Gasteiger charge is -2.31. The van der Waals surface area contributed by atoms with Gasteiger partial charge in [-0.3, -0.25) is 0 Å². The molecule has 0 bridgehead atoms. The van der Waals surface area contributed by atoms with Gasteiger partial charge in [-0.05, 0) is 19.8 Å². The van der Waals surface area contributed by atoms with Gasteiger partial charge in [0.15, 0.2) is 0 Å². The molecule has 0 amide bonds. The molecule has 0 radical (unpaired) electrons. The van der Waals surface area contributed by atoms with E-state index in [-0.39, 0.29) is 18.1 Å². The van der Waals surface area contributed by atoms with Crippen LogP contribution < -0.4 is 5.32 Å². The normalized spacial score (nSPS) is 13.9. The zero-order valence-electron chi connectivity index (χ0n) is 11.4. The van der Waals surface area contributed by atoms with Crippen molar-refractivity contribution in [1.82, 2.24) is 14.9 Å². The highest BCUT2D eigenvalue weighted by Crippen LogP contribution is 2.25. The van der Waals surface area contributed by atoms with Crippen LogP contribution >= 0.6 is 0 Å². The summed E-state index contributed by atoms with van der Waals surface area (Å²) >= 11 is 0. The Morgan fingerprint density at radius 2 is 2.12 bits per heavy atom. The van der Waals surface area contributed by atoms with Crippen LogP contribution in [0, 0.1) is 5.41 Å². The Hall–Kier alpha value is -0.870. The first-order chi connectivity index (χ1) is 8.08. The molecule has 4 nitrogen and oxygen atoms in total. The van der Waals surface area contributed by atoms with Crippen molar-refractivity contribution in [3.8, 4) is 0 Å². The molecule has 1 aromatic rings. The van der Waals surface area contributed by atoms with E-state index in [2.05, 4.69) is 31.1 Å². The average molecular weight is 239 g/mol. The maximum atomic E-state index is 9.51. The van der Waals surface area contributed by atoms with E-state index >= 15 is 0 Å². The van der Waals surface area contributed by atoms with Crippen molar-refractivity contribution >= 4 is 0 Å². The maximum Gasteiger partial charge on any atom is 0.125 e. The standard InChI is InChI=1S/C13H25N3O/c1-5-13(6-2,10-17)9-15-11(3)12-14-7-8-16(12)4/h7-8,11,15,17H,5-6,9-10H2,1-4H3. The van der Waals surface area contributed by atoms with Crippen LogP contribution in [0.25, 0.3) is 0 Å². The molecule has 1 atom stereocenters. The molecule has 0 saturated heterocycles. The van der Waals surface area contributed by atoms with Crippen molar-refractivity contribution in [2.24, 2.45) is 12.5 Å². The van der Waals surface area contributed by atoms with E-state index in [4.69, 9.17) is 0 Å². The number of nitrogens with one attached hydrogen (secondary N) is 1. The molecule has 0 saturated carbocycles. The monoisotopic (exact) mass is 239 g/mol. The predicted octanol–water partition coefficient (Wildman–Crippen LogP) is 1.87. The fraction of sp³-hybridized carbons (Fsp3) is 0.769. The maximum absolute atomic E-state index is 9.51. The minimum Gasteiger partial charge on any atom is -0.396 e. The summed E-state index contributed by atoms with van der Waals surface area (Å²) in [4.78, 5) is 4.33. The third kappa shape index (κ3) is 3.30. The molecule has 1 rings (SSSR count). The molecular weight excluding hydrogens is 214 g/mol. The summed E-state index contributed by atoms with van der Waals surface area (Å²) < 4.78 is 2.02. The predicted molar refractivity (Wildman–Crippen MR) is 69.7 cm³/mol. The number of aryl methyl sites for hydroxylation is 1. The van der Waals surface area contributed by atoms with E-state index in [9.17, 15) is 5.11 Å². The lowest BCUT2D eigenvalue weighted by molar-refractivity contribution is 0.110. The first-order valence-electron chi connectivity index (χ1n) is 6.40. The van der Waals surface area contributed by atoms with Crippen LogP contribution in [0.1, 0.15) is 45.5 Å². The van der Waals surface area contributed by atoms with Crippen molar-refractivity contribution in [2.75, 3.05) is 13.2 Å². The van der Waals surface area contributed by atoms with Gasteiger partial charge in [0.2, 0.25) is 0 Å². The van der Waals surface area contributed by atoms with Gasteiger partial charge in [-0.2, -0.15) is 0 Å². The van der Waals surface area contributed by atoms with Gasteiger partial charge in [0.05, 0.1) is 6.04 Å². The second kappa shape index (κ2) is 6.17. The number of hydrogen-bond donors (Lipinski definition) is 2. The lowest BCUT2D eigenvalue weighted by Crippen LogP contribution is -2.38. The third-order valence-corrected chi connectivity index (χ3v) is 3.86. The second-order valence-electron chi connectivity index (χ2n) is 4.86. The quantitative estimate of drug-likeness (QED) is 0.763. The molecule has 0 spiro atoms. The van der Waals surface area contributed by atoms with Gasteiger partial charge in [0, 0.05) is 38.0 Å². The van der Waals surface area contributed by atoms with Gasteiger partial charge >= 0.3 is 0 Å². The fourth-order valence-corrected chi connectivity index (χ4v) is 2.03. The van der Waals surface area contributed by atoms with Crippen molar-refractivity contribution in [3.05, 3.63) is 18.2 Å². The minimum absolute atomic E-state index is 0.000571. The van der Waals surface area contributed by atoms with Crippen molar-refractivity contribution < 1.29 is 5.11 Å². The largest absolute Gasteiger partial charge is 0.396 e. The molecule has 0 aliphatic heterocycles. The third-order valence-electron chi connectivity index (χ3n) is 3.86. The Balaban J connectivity index is 2.58. The summed E-state index contributed by atoms with van der Waals surface area (Å²) in [6.45, 7) is 7.43. The number of aliphatic hydroxyl groups is 1. The molecule has 98 valence electrons. The Kier molecular flexibility index (Phi) is 5.15. The number of nitrogens with zero attached hydrogens (tertiary/aromatic N) is 2. The van der Waals surface area contributed by atoms with E-state index in [0.717, 1.165) is 25.2 Å². The first kappa shape index (κ1) is 14.2. The molecule has 0 aliphatic rings. The minimum atomic E-state index is -0.000571. The number of hydrogen-bond acceptors (Lipinski definition) is 3. The fourth-order valence-electron chi connectivity index (χ4n) is 2.03. The molecule has 0 aromatic carbocycles. The molecular formula is C13H25N3O. The number of imidazole rings is 1. The van der Waals surface area contributed by atoms with Gasteiger partial charge in [0.1, 0.15) is 5.82 Å². The molecule has 4 heteroatoms. The number of rotatable bonds is 7. The molecule has 17 heavy (non-hydrogen) atoms. The zero-order valence-corrected chi connectivity index (χ0v) is 11.4. The molecule has 0 fully saturated rings. The van der Waals surface area contributed by atoms with Gasteiger partial charge < -0.3 is 15.0 Å².